The summed E-state index contributed by atoms with van der Waals surface area (Å²) in [5.41, 5.74) is 1.96. The Hall–Kier alpha value is -3.56. The molecule has 34 heavy (non-hydrogen) atoms. The Morgan fingerprint density at radius 2 is 1.85 bits per heavy atom. The summed E-state index contributed by atoms with van der Waals surface area (Å²) in [7, 11) is 1.56. The largest absolute Gasteiger partial charge is 0.497 e. The van der Waals surface area contributed by atoms with Gasteiger partial charge in [0, 0.05) is 16.1 Å². The number of ether oxygens (including phenoxy) is 2. The van der Waals surface area contributed by atoms with Gasteiger partial charge in [-0.1, -0.05) is 23.5 Å². The van der Waals surface area contributed by atoms with E-state index >= 15 is 0 Å². The summed E-state index contributed by atoms with van der Waals surface area (Å²) < 4.78 is 11.6. The van der Waals surface area contributed by atoms with E-state index < -0.39 is 0 Å². The first kappa shape index (κ1) is 23.6. The van der Waals surface area contributed by atoms with Crippen LogP contribution in [0.3, 0.4) is 0 Å². The molecule has 174 valence electrons. The number of nitrogens with zero attached hydrogens (tertiary/aromatic N) is 1. The molecule has 9 heteroatoms. The molecule has 0 radical (unpaired) electrons. The Bertz CT molecular complexity index is 1320. The van der Waals surface area contributed by atoms with E-state index in [0.29, 0.717) is 28.7 Å². The summed E-state index contributed by atoms with van der Waals surface area (Å²) >= 11 is 2.79. The molecule has 1 heterocycles. The van der Waals surface area contributed by atoms with E-state index in [0.717, 1.165) is 20.9 Å². The summed E-state index contributed by atoms with van der Waals surface area (Å²) in [6.07, 6.45) is 0. The van der Waals surface area contributed by atoms with E-state index in [2.05, 4.69) is 15.6 Å². The number of aromatic nitrogens is 1. The smallest absolute Gasteiger partial charge is 0.255 e. The van der Waals surface area contributed by atoms with Crippen LogP contribution in [0.4, 0.5) is 10.8 Å². The van der Waals surface area contributed by atoms with Gasteiger partial charge in [0.2, 0.25) is 5.91 Å². The zero-order valence-electron chi connectivity index (χ0n) is 18.7. The van der Waals surface area contributed by atoms with Crippen LogP contribution in [-0.2, 0) is 4.79 Å². The fraction of sp³-hybridized carbons (Fsp3) is 0.160. The van der Waals surface area contributed by atoms with Crippen LogP contribution in [0.2, 0.25) is 0 Å². The molecule has 3 aromatic carbocycles. The van der Waals surface area contributed by atoms with Crippen molar-refractivity contribution >= 4 is 55.9 Å². The molecule has 0 spiro atoms. The molecule has 2 amide bonds. The number of anilines is 2. The number of thioether (sulfide) groups is 1. The van der Waals surface area contributed by atoms with Crippen molar-refractivity contribution in [3.8, 4) is 11.5 Å². The van der Waals surface area contributed by atoms with Crippen LogP contribution < -0.4 is 20.1 Å². The van der Waals surface area contributed by atoms with E-state index in [4.69, 9.17) is 9.47 Å². The van der Waals surface area contributed by atoms with Gasteiger partial charge in [0.05, 0.1) is 29.7 Å². The van der Waals surface area contributed by atoms with Crippen LogP contribution in [0.15, 0.2) is 71.6 Å². The molecule has 0 aliphatic rings. The molecule has 0 saturated carbocycles. The van der Waals surface area contributed by atoms with Crippen molar-refractivity contribution in [2.24, 2.45) is 0 Å². The summed E-state index contributed by atoms with van der Waals surface area (Å²) in [6, 6.07) is 20.0. The fourth-order valence-corrected chi connectivity index (χ4v) is 4.82. The van der Waals surface area contributed by atoms with Gasteiger partial charge in [-0.2, -0.15) is 0 Å². The third-order valence-corrected chi connectivity index (χ3v) is 6.64. The predicted molar refractivity (Wildman–Crippen MR) is 138 cm³/mol. The zero-order chi connectivity index (χ0) is 23.9. The third kappa shape index (κ3) is 6.06. The summed E-state index contributed by atoms with van der Waals surface area (Å²) in [5, 5.41) is 6.29. The Kier molecular flexibility index (Phi) is 7.66. The lowest BCUT2D eigenvalue weighted by atomic mass is 10.2. The molecule has 1 aromatic heterocycles. The van der Waals surface area contributed by atoms with Crippen LogP contribution in [0.5, 0.6) is 11.5 Å². The first-order chi connectivity index (χ1) is 16.5. The van der Waals surface area contributed by atoms with Crippen LogP contribution in [0.1, 0.15) is 17.3 Å². The van der Waals surface area contributed by atoms with Gasteiger partial charge in [-0.15, -0.1) is 11.8 Å². The predicted octanol–water partition coefficient (Wildman–Crippen LogP) is 5.69. The van der Waals surface area contributed by atoms with Gasteiger partial charge in [-0.05, 0) is 61.5 Å². The minimum Gasteiger partial charge on any atom is -0.497 e. The van der Waals surface area contributed by atoms with Crippen LogP contribution in [-0.4, -0.2) is 36.3 Å². The molecule has 0 unspecified atom stereocenters. The number of hydrogen-bond donors (Lipinski definition) is 2. The van der Waals surface area contributed by atoms with Crippen LogP contribution in [0, 0.1) is 0 Å². The third-order valence-electron chi connectivity index (χ3n) is 4.71. The number of rotatable bonds is 9. The van der Waals surface area contributed by atoms with Crippen molar-refractivity contribution in [3.63, 3.8) is 0 Å². The maximum absolute atomic E-state index is 12.5. The van der Waals surface area contributed by atoms with Crippen molar-refractivity contribution in [1.29, 1.82) is 0 Å². The van der Waals surface area contributed by atoms with E-state index in [1.807, 2.05) is 43.3 Å². The molecule has 4 rings (SSSR count). The molecule has 0 aliphatic heterocycles. The summed E-state index contributed by atoms with van der Waals surface area (Å²) in [4.78, 5) is 30.3. The van der Waals surface area contributed by atoms with Crippen LogP contribution in [0.25, 0.3) is 10.2 Å². The second kappa shape index (κ2) is 11.0. The number of methoxy groups -OCH3 is 1. The molecule has 0 aliphatic carbocycles. The van der Waals surface area contributed by atoms with Gasteiger partial charge in [-0.3, -0.25) is 9.59 Å². The van der Waals surface area contributed by atoms with Crippen molar-refractivity contribution < 1.29 is 19.1 Å². The highest BCUT2D eigenvalue weighted by Crippen LogP contribution is 2.30. The molecule has 4 aromatic rings. The number of hydrogen-bond acceptors (Lipinski definition) is 7. The summed E-state index contributed by atoms with van der Waals surface area (Å²) in [6.45, 7) is 2.53. The lowest BCUT2D eigenvalue weighted by molar-refractivity contribution is -0.113. The Morgan fingerprint density at radius 1 is 1.00 bits per heavy atom. The monoisotopic (exact) mass is 493 g/mol. The molecular formula is C25H23N3O4S2. The first-order valence-corrected chi connectivity index (χ1v) is 12.4. The first-order valence-electron chi connectivity index (χ1n) is 10.6. The lowest BCUT2D eigenvalue weighted by Gasteiger charge is -2.08. The van der Waals surface area contributed by atoms with Crippen LogP contribution >= 0.6 is 23.1 Å². The number of nitrogens with one attached hydrogen (secondary N) is 2. The second-order valence-electron chi connectivity index (χ2n) is 7.13. The van der Waals surface area contributed by atoms with Crippen molar-refractivity contribution in [2.45, 2.75) is 11.8 Å². The number of thiazole rings is 1. The van der Waals surface area contributed by atoms with E-state index in [1.54, 1.807) is 37.4 Å². The number of benzene rings is 3. The number of amides is 2. The molecule has 0 fully saturated rings. The van der Waals surface area contributed by atoms with Gasteiger partial charge >= 0.3 is 0 Å². The highest BCUT2D eigenvalue weighted by Gasteiger charge is 2.11. The highest BCUT2D eigenvalue weighted by atomic mass is 32.2. The Morgan fingerprint density at radius 3 is 2.68 bits per heavy atom. The Balaban J connectivity index is 1.33. The average Bonchev–Trinajstić information content (AvgIpc) is 3.24. The minimum absolute atomic E-state index is 0.153. The SMILES string of the molecule is CCOc1ccc2nc(NC(=O)CSc3cccc(NC(=O)c4cccc(OC)c4)c3)sc2c1. The topological polar surface area (TPSA) is 89.5 Å². The maximum Gasteiger partial charge on any atom is 0.255 e. The lowest BCUT2D eigenvalue weighted by Crippen LogP contribution is -2.14. The van der Waals surface area contributed by atoms with Gasteiger partial charge in [0.15, 0.2) is 5.13 Å². The van der Waals surface area contributed by atoms with E-state index in [9.17, 15) is 9.59 Å². The van der Waals surface area contributed by atoms with Gasteiger partial charge < -0.3 is 20.1 Å². The molecule has 0 atom stereocenters. The van der Waals surface area contributed by atoms with Crippen molar-refractivity contribution in [2.75, 3.05) is 30.1 Å². The standard InChI is InChI=1S/C25H23N3O4S2/c1-3-32-19-10-11-21-22(14-19)34-25(27-21)28-23(29)15-33-20-9-5-7-17(13-20)26-24(30)16-6-4-8-18(12-16)31-2/h4-14H,3,15H2,1-2H3,(H,26,30)(H,27,28,29). The minimum atomic E-state index is -0.234. The van der Waals surface area contributed by atoms with Crippen molar-refractivity contribution in [3.05, 3.63) is 72.3 Å². The quantitative estimate of drug-likeness (QED) is 0.291. The van der Waals surface area contributed by atoms with Gasteiger partial charge in [-0.25, -0.2) is 4.98 Å². The average molecular weight is 494 g/mol. The molecule has 0 bridgehead atoms. The fourth-order valence-electron chi connectivity index (χ4n) is 3.15. The number of carbonyl (C=O) groups excluding carboxylic acids is 2. The van der Waals surface area contributed by atoms with E-state index in [1.165, 1.54) is 23.1 Å². The van der Waals surface area contributed by atoms with E-state index in [-0.39, 0.29) is 17.6 Å². The van der Waals surface area contributed by atoms with Gasteiger partial charge in [0.25, 0.3) is 5.91 Å². The molecule has 7 nitrogen and oxygen atoms in total. The summed E-state index contributed by atoms with van der Waals surface area (Å²) in [5.74, 6) is 1.23. The second-order valence-corrected chi connectivity index (χ2v) is 9.21. The number of carbonyl (C=O) groups is 2. The Labute approximate surface area is 205 Å². The maximum atomic E-state index is 12.5. The number of fused-ring (bicyclic) bond motifs is 1. The zero-order valence-corrected chi connectivity index (χ0v) is 20.3. The highest BCUT2D eigenvalue weighted by molar-refractivity contribution is 8.00. The van der Waals surface area contributed by atoms with Gasteiger partial charge in [0.1, 0.15) is 11.5 Å². The molecule has 0 saturated heterocycles. The molecule has 2 N–H and O–H groups in total. The molecular weight excluding hydrogens is 470 g/mol. The normalized spacial score (nSPS) is 10.6. The van der Waals surface area contributed by atoms with Crippen molar-refractivity contribution in [1.82, 2.24) is 4.98 Å².